The molecule has 1 rings (SSSR count). The van der Waals surface area contributed by atoms with Gasteiger partial charge in [0.15, 0.2) is 9.84 Å². The molecule has 7 heteroatoms. The predicted molar refractivity (Wildman–Crippen MR) is 72.3 cm³/mol. The minimum atomic E-state index is -3.27. The number of carbonyl (C=O) groups is 1. The van der Waals surface area contributed by atoms with Gasteiger partial charge < -0.3 is 10.6 Å². The van der Waals surface area contributed by atoms with Crippen LogP contribution in [0.1, 0.15) is 13.8 Å². The van der Waals surface area contributed by atoms with Crippen LogP contribution in [0.4, 0.5) is 14.9 Å². The Labute approximate surface area is 112 Å². The molecule has 0 unspecified atom stereocenters. The summed E-state index contributed by atoms with van der Waals surface area (Å²) >= 11 is 0. The van der Waals surface area contributed by atoms with Crippen molar-refractivity contribution in [2.24, 2.45) is 0 Å². The number of anilines is 1. The summed E-state index contributed by atoms with van der Waals surface area (Å²) in [4.78, 5) is 11.6. The van der Waals surface area contributed by atoms with Crippen LogP contribution in [0.25, 0.3) is 0 Å². The number of hydrogen-bond acceptors (Lipinski definition) is 3. The minimum Gasteiger partial charge on any atom is -0.336 e. The van der Waals surface area contributed by atoms with Gasteiger partial charge in [0.1, 0.15) is 5.82 Å². The van der Waals surface area contributed by atoms with E-state index in [0.717, 1.165) is 6.26 Å². The van der Waals surface area contributed by atoms with Gasteiger partial charge in [-0.2, -0.15) is 0 Å². The number of halogens is 1. The van der Waals surface area contributed by atoms with E-state index in [2.05, 4.69) is 10.6 Å². The van der Waals surface area contributed by atoms with Crippen LogP contribution in [0.15, 0.2) is 24.3 Å². The number of rotatable bonds is 4. The predicted octanol–water partition coefficient (Wildman–Crippen LogP) is 1.77. The average Bonchev–Trinajstić information content (AvgIpc) is 2.28. The highest BCUT2D eigenvalue weighted by atomic mass is 32.2. The lowest BCUT2D eigenvalue weighted by Gasteiger charge is -2.22. The molecule has 0 spiro atoms. The molecule has 106 valence electrons. The third-order valence-electron chi connectivity index (χ3n) is 2.78. The molecule has 0 aliphatic heterocycles. The van der Waals surface area contributed by atoms with Crippen LogP contribution in [-0.4, -0.2) is 32.0 Å². The zero-order valence-corrected chi connectivity index (χ0v) is 11.8. The molecule has 1 aromatic rings. The second kappa shape index (κ2) is 5.56. The van der Waals surface area contributed by atoms with Crippen molar-refractivity contribution in [3.8, 4) is 0 Å². The van der Waals surface area contributed by atoms with E-state index in [4.69, 9.17) is 0 Å². The first kappa shape index (κ1) is 15.4. The van der Waals surface area contributed by atoms with Gasteiger partial charge in [0.25, 0.3) is 0 Å². The van der Waals surface area contributed by atoms with E-state index in [9.17, 15) is 17.6 Å². The summed E-state index contributed by atoms with van der Waals surface area (Å²) in [6.45, 7) is 3.04. The Balaban J connectivity index is 2.55. The van der Waals surface area contributed by atoms with Crippen molar-refractivity contribution in [2.75, 3.05) is 18.1 Å². The Morgan fingerprint density at radius 2 is 1.79 bits per heavy atom. The quantitative estimate of drug-likeness (QED) is 0.886. The molecular weight excluding hydrogens is 271 g/mol. The number of benzene rings is 1. The summed E-state index contributed by atoms with van der Waals surface area (Å²) in [6, 6.07) is 4.72. The summed E-state index contributed by atoms with van der Waals surface area (Å²) in [7, 11) is -3.27. The van der Waals surface area contributed by atoms with E-state index < -0.39 is 26.4 Å². The van der Waals surface area contributed by atoms with Crippen LogP contribution < -0.4 is 10.6 Å². The van der Waals surface area contributed by atoms with Crippen LogP contribution in [0.3, 0.4) is 0 Å². The Hall–Kier alpha value is -1.63. The van der Waals surface area contributed by atoms with E-state index in [-0.39, 0.29) is 6.54 Å². The van der Waals surface area contributed by atoms with E-state index >= 15 is 0 Å². The van der Waals surface area contributed by atoms with Crippen molar-refractivity contribution in [3.63, 3.8) is 0 Å². The van der Waals surface area contributed by atoms with Crippen LogP contribution in [0, 0.1) is 5.82 Å². The minimum absolute atomic E-state index is 0.0150. The largest absolute Gasteiger partial charge is 0.336 e. The van der Waals surface area contributed by atoms with Crippen molar-refractivity contribution in [2.45, 2.75) is 18.6 Å². The number of carbonyl (C=O) groups excluding carboxylic acids is 1. The molecule has 0 saturated heterocycles. The Morgan fingerprint density at radius 3 is 2.26 bits per heavy atom. The van der Waals surface area contributed by atoms with Gasteiger partial charge in [-0.1, -0.05) is 0 Å². The highest BCUT2D eigenvalue weighted by Crippen LogP contribution is 2.13. The summed E-state index contributed by atoms with van der Waals surface area (Å²) in [6.07, 6.45) is 1.12. The molecule has 1 aromatic carbocycles. The number of nitrogens with one attached hydrogen (secondary N) is 2. The topological polar surface area (TPSA) is 75.3 Å². The number of urea groups is 1. The lowest BCUT2D eigenvalue weighted by molar-refractivity contribution is 0.251. The first-order chi connectivity index (χ1) is 8.62. The Bertz CT molecular complexity index is 553. The van der Waals surface area contributed by atoms with Gasteiger partial charge >= 0.3 is 6.03 Å². The summed E-state index contributed by atoms with van der Waals surface area (Å²) in [5, 5.41) is 4.95. The second-order valence-corrected chi connectivity index (χ2v) is 7.50. The smallest absolute Gasteiger partial charge is 0.319 e. The monoisotopic (exact) mass is 288 g/mol. The van der Waals surface area contributed by atoms with Gasteiger partial charge in [0.2, 0.25) is 0 Å². The molecule has 19 heavy (non-hydrogen) atoms. The molecule has 0 aliphatic carbocycles. The van der Waals surface area contributed by atoms with Crippen molar-refractivity contribution in [1.82, 2.24) is 5.32 Å². The highest BCUT2D eigenvalue weighted by Gasteiger charge is 2.30. The normalized spacial score (nSPS) is 12.0. The zero-order chi connectivity index (χ0) is 14.7. The Morgan fingerprint density at radius 1 is 1.26 bits per heavy atom. The standard InChI is InChI=1S/C12H17FN2O3S/c1-12(2,19(3,17)18)8-14-11(16)15-10-6-4-9(13)5-7-10/h4-7H,8H2,1-3H3,(H2,14,15,16). The molecule has 0 fully saturated rings. The van der Waals surface area contributed by atoms with E-state index in [1.807, 2.05) is 0 Å². The molecule has 0 aromatic heterocycles. The fraction of sp³-hybridized carbons (Fsp3) is 0.417. The lowest BCUT2D eigenvalue weighted by atomic mass is 10.2. The summed E-state index contributed by atoms with van der Waals surface area (Å²) in [5.74, 6) is -0.399. The van der Waals surface area contributed by atoms with Gasteiger partial charge in [-0.3, -0.25) is 0 Å². The van der Waals surface area contributed by atoms with E-state index in [0.29, 0.717) is 5.69 Å². The van der Waals surface area contributed by atoms with Crippen LogP contribution >= 0.6 is 0 Å². The third kappa shape index (κ3) is 4.51. The molecule has 2 N–H and O–H groups in total. The van der Waals surface area contributed by atoms with E-state index in [1.54, 1.807) is 0 Å². The SMILES string of the molecule is CC(C)(CNC(=O)Nc1ccc(F)cc1)S(C)(=O)=O. The zero-order valence-electron chi connectivity index (χ0n) is 11.0. The van der Waals surface area contributed by atoms with Gasteiger partial charge in [-0.25, -0.2) is 17.6 Å². The molecule has 2 amide bonds. The molecule has 0 aliphatic rings. The van der Waals surface area contributed by atoms with Gasteiger partial charge in [0, 0.05) is 18.5 Å². The third-order valence-corrected chi connectivity index (χ3v) is 4.93. The molecule has 0 bridgehead atoms. The summed E-state index contributed by atoms with van der Waals surface area (Å²) < 4.78 is 34.5. The fourth-order valence-corrected chi connectivity index (χ4v) is 1.47. The molecular formula is C12H17FN2O3S. The summed E-state index contributed by atoms with van der Waals surface area (Å²) in [5.41, 5.74) is 0.427. The van der Waals surface area contributed by atoms with Gasteiger partial charge in [0.05, 0.1) is 4.75 Å². The fourth-order valence-electron chi connectivity index (χ4n) is 1.13. The molecule has 5 nitrogen and oxygen atoms in total. The van der Waals surface area contributed by atoms with Crippen LogP contribution in [-0.2, 0) is 9.84 Å². The maximum atomic E-state index is 12.7. The van der Waals surface area contributed by atoms with Crippen molar-refractivity contribution in [1.29, 1.82) is 0 Å². The van der Waals surface area contributed by atoms with Gasteiger partial charge in [-0.15, -0.1) is 0 Å². The Kier molecular flexibility index (Phi) is 4.52. The lowest BCUT2D eigenvalue weighted by Crippen LogP contribution is -2.45. The van der Waals surface area contributed by atoms with Gasteiger partial charge in [-0.05, 0) is 38.1 Å². The highest BCUT2D eigenvalue weighted by molar-refractivity contribution is 7.92. The number of hydrogen-bond donors (Lipinski definition) is 2. The van der Waals surface area contributed by atoms with Crippen LogP contribution in [0.2, 0.25) is 0 Å². The van der Waals surface area contributed by atoms with Crippen molar-refractivity contribution < 1.29 is 17.6 Å². The number of sulfone groups is 1. The van der Waals surface area contributed by atoms with Crippen molar-refractivity contribution >= 4 is 21.6 Å². The maximum absolute atomic E-state index is 12.7. The van der Waals surface area contributed by atoms with Crippen molar-refractivity contribution in [3.05, 3.63) is 30.1 Å². The molecule has 0 heterocycles. The van der Waals surface area contributed by atoms with E-state index in [1.165, 1.54) is 38.1 Å². The molecule has 0 radical (unpaired) electrons. The van der Waals surface area contributed by atoms with Crippen LogP contribution in [0.5, 0.6) is 0 Å². The molecule has 0 saturated carbocycles. The second-order valence-electron chi connectivity index (χ2n) is 4.85. The first-order valence-corrected chi connectivity index (χ1v) is 7.51. The molecule has 0 atom stereocenters. The number of amides is 2. The average molecular weight is 288 g/mol. The maximum Gasteiger partial charge on any atom is 0.319 e. The first-order valence-electron chi connectivity index (χ1n) is 5.62.